The van der Waals surface area contributed by atoms with Crippen molar-refractivity contribution in [2.75, 3.05) is 37.6 Å². The molecule has 0 bridgehead atoms. The van der Waals surface area contributed by atoms with Crippen molar-refractivity contribution in [3.8, 4) is 0 Å². The van der Waals surface area contributed by atoms with Crippen molar-refractivity contribution in [1.82, 2.24) is 15.2 Å². The number of hydrogen-bond acceptors (Lipinski definition) is 4. The van der Waals surface area contributed by atoms with Crippen LogP contribution in [0.5, 0.6) is 0 Å². The third-order valence-electron chi connectivity index (χ3n) is 4.96. The lowest BCUT2D eigenvalue weighted by Crippen LogP contribution is -2.47. The van der Waals surface area contributed by atoms with Crippen molar-refractivity contribution in [3.05, 3.63) is 24.0 Å². The van der Waals surface area contributed by atoms with Crippen LogP contribution in [0.2, 0.25) is 0 Å². The SMILES string of the molecule is c1cc(N2CCN(CC3CC3)CC2)c(CNC2CC2)cn1. The number of anilines is 1. The molecule has 0 unspecified atom stereocenters. The molecule has 0 amide bonds. The Balaban J connectivity index is 1.36. The Labute approximate surface area is 127 Å². The van der Waals surface area contributed by atoms with E-state index in [1.165, 1.54) is 56.6 Å². The molecular formula is C17H26N4. The zero-order valence-electron chi connectivity index (χ0n) is 12.8. The zero-order chi connectivity index (χ0) is 14.1. The highest BCUT2D eigenvalue weighted by Crippen LogP contribution is 2.30. The average Bonchev–Trinajstić information content (AvgIpc) is 3.42. The fourth-order valence-electron chi connectivity index (χ4n) is 3.24. The largest absolute Gasteiger partial charge is 0.369 e. The summed E-state index contributed by atoms with van der Waals surface area (Å²) in [5.41, 5.74) is 2.75. The van der Waals surface area contributed by atoms with E-state index in [2.05, 4.69) is 26.2 Å². The molecule has 1 saturated heterocycles. The van der Waals surface area contributed by atoms with Crippen LogP contribution in [0.15, 0.2) is 18.5 Å². The first-order chi connectivity index (χ1) is 10.4. The van der Waals surface area contributed by atoms with E-state index in [-0.39, 0.29) is 0 Å². The normalized spacial score (nSPS) is 23.5. The van der Waals surface area contributed by atoms with Gasteiger partial charge in [-0.15, -0.1) is 0 Å². The molecule has 2 aliphatic carbocycles. The highest BCUT2D eigenvalue weighted by Gasteiger charge is 2.27. The van der Waals surface area contributed by atoms with Crippen LogP contribution in [-0.4, -0.2) is 48.6 Å². The number of aromatic nitrogens is 1. The summed E-state index contributed by atoms with van der Waals surface area (Å²) in [6, 6.07) is 2.95. The van der Waals surface area contributed by atoms with Gasteiger partial charge in [-0.2, -0.15) is 0 Å². The molecule has 3 aliphatic rings. The van der Waals surface area contributed by atoms with Crippen LogP contribution in [0.25, 0.3) is 0 Å². The van der Waals surface area contributed by atoms with Gasteiger partial charge in [0.25, 0.3) is 0 Å². The van der Waals surface area contributed by atoms with Gasteiger partial charge in [-0.1, -0.05) is 0 Å². The van der Waals surface area contributed by atoms with E-state index in [0.29, 0.717) is 0 Å². The van der Waals surface area contributed by atoms with E-state index < -0.39 is 0 Å². The van der Waals surface area contributed by atoms with Gasteiger partial charge in [0.05, 0.1) is 0 Å². The summed E-state index contributed by atoms with van der Waals surface area (Å²) in [4.78, 5) is 9.52. The predicted octanol–water partition coefficient (Wildman–Crippen LogP) is 1.87. The second-order valence-corrected chi connectivity index (χ2v) is 6.89. The lowest BCUT2D eigenvalue weighted by atomic mass is 10.1. The van der Waals surface area contributed by atoms with Crippen LogP contribution < -0.4 is 10.2 Å². The molecule has 0 radical (unpaired) electrons. The maximum atomic E-state index is 4.32. The first-order valence-electron chi connectivity index (χ1n) is 8.52. The van der Waals surface area contributed by atoms with Gasteiger partial charge < -0.3 is 10.2 Å². The number of pyridine rings is 1. The molecule has 1 N–H and O–H groups in total. The summed E-state index contributed by atoms with van der Waals surface area (Å²) in [5, 5.41) is 3.62. The third-order valence-corrected chi connectivity index (χ3v) is 4.96. The molecule has 1 aliphatic heterocycles. The first-order valence-corrected chi connectivity index (χ1v) is 8.52. The van der Waals surface area contributed by atoms with Gasteiger partial charge in [-0.3, -0.25) is 9.88 Å². The molecule has 1 aromatic rings. The molecule has 114 valence electrons. The van der Waals surface area contributed by atoms with Crippen LogP contribution >= 0.6 is 0 Å². The van der Waals surface area contributed by atoms with Crippen LogP contribution in [0.3, 0.4) is 0 Å². The molecule has 4 heteroatoms. The van der Waals surface area contributed by atoms with E-state index >= 15 is 0 Å². The lowest BCUT2D eigenvalue weighted by Gasteiger charge is -2.37. The summed E-state index contributed by atoms with van der Waals surface area (Å²) < 4.78 is 0. The van der Waals surface area contributed by atoms with Gasteiger partial charge in [0.1, 0.15) is 0 Å². The topological polar surface area (TPSA) is 31.4 Å². The van der Waals surface area contributed by atoms with Crippen LogP contribution in [0.1, 0.15) is 31.2 Å². The highest BCUT2D eigenvalue weighted by atomic mass is 15.3. The van der Waals surface area contributed by atoms with Crippen LogP contribution in [0.4, 0.5) is 5.69 Å². The fourth-order valence-corrected chi connectivity index (χ4v) is 3.24. The summed E-state index contributed by atoms with van der Waals surface area (Å²) in [6.07, 6.45) is 9.59. The Morgan fingerprint density at radius 2 is 1.90 bits per heavy atom. The molecular weight excluding hydrogens is 260 g/mol. The second kappa shape index (κ2) is 5.93. The van der Waals surface area contributed by atoms with Gasteiger partial charge in [0, 0.05) is 69.0 Å². The molecule has 1 aromatic heterocycles. The van der Waals surface area contributed by atoms with Crippen LogP contribution in [0, 0.1) is 5.92 Å². The highest BCUT2D eigenvalue weighted by molar-refractivity contribution is 5.52. The van der Waals surface area contributed by atoms with Crippen molar-refractivity contribution in [1.29, 1.82) is 0 Å². The molecule has 0 atom stereocenters. The summed E-state index contributed by atoms with van der Waals surface area (Å²) in [7, 11) is 0. The Hall–Kier alpha value is -1.13. The minimum absolute atomic E-state index is 0.758. The van der Waals surface area contributed by atoms with Gasteiger partial charge in [-0.25, -0.2) is 0 Å². The molecule has 4 nitrogen and oxygen atoms in total. The van der Waals surface area contributed by atoms with Gasteiger partial charge in [0.2, 0.25) is 0 Å². The standard InChI is InChI=1S/C17H26N4/c1-2-14(1)13-20-7-9-21(10-8-20)17-5-6-18-11-15(17)12-19-16-3-4-16/h5-6,11,14,16,19H,1-4,7-10,12-13H2. The average molecular weight is 286 g/mol. The molecule has 3 fully saturated rings. The molecule has 0 spiro atoms. The maximum absolute atomic E-state index is 4.32. The van der Waals surface area contributed by atoms with E-state index in [4.69, 9.17) is 0 Å². The lowest BCUT2D eigenvalue weighted by molar-refractivity contribution is 0.248. The Morgan fingerprint density at radius 1 is 1.10 bits per heavy atom. The quantitative estimate of drug-likeness (QED) is 0.865. The summed E-state index contributed by atoms with van der Waals surface area (Å²) in [6.45, 7) is 7.05. The van der Waals surface area contributed by atoms with E-state index in [1.54, 1.807) is 0 Å². The molecule has 2 heterocycles. The third kappa shape index (κ3) is 3.55. The minimum Gasteiger partial charge on any atom is -0.369 e. The zero-order valence-corrected chi connectivity index (χ0v) is 12.8. The monoisotopic (exact) mass is 286 g/mol. The van der Waals surface area contributed by atoms with Gasteiger partial charge in [-0.05, 0) is 37.7 Å². The van der Waals surface area contributed by atoms with E-state index in [9.17, 15) is 0 Å². The predicted molar refractivity (Wildman–Crippen MR) is 85.5 cm³/mol. The molecule has 21 heavy (non-hydrogen) atoms. The molecule has 0 aromatic carbocycles. The maximum Gasteiger partial charge on any atom is 0.0443 e. The Bertz CT molecular complexity index is 473. The molecule has 4 rings (SSSR count). The smallest absolute Gasteiger partial charge is 0.0443 e. The number of rotatable bonds is 6. The van der Waals surface area contributed by atoms with Crippen molar-refractivity contribution in [2.24, 2.45) is 5.92 Å². The van der Waals surface area contributed by atoms with Crippen molar-refractivity contribution >= 4 is 5.69 Å². The fraction of sp³-hybridized carbons (Fsp3) is 0.706. The van der Waals surface area contributed by atoms with Crippen molar-refractivity contribution in [2.45, 2.75) is 38.3 Å². The van der Waals surface area contributed by atoms with Crippen molar-refractivity contribution < 1.29 is 0 Å². The second-order valence-electron chi connectivity index (χ2n) is 6.89. The minimum atomic E-state index is 0.758. The number of nitrogens with one attached hydrogen (secondary N) is 1. The van der Waals surface area contributed by atoms with Crippen molar-refractivity contribution in [3.63, 3.8) is 0 Å². The Morgan fingerprint density at radius 3 is 2.62 bits per heavy atom. The van der Waals surface area contributed by atoms with E-state index in [0.717, 1.165) is 31.6 Å². The number of hydrogen-bond donors (Lipinski definition) is 1. The van der Waals surface area contributed by atoms with Crippen LogP contribution in [-0.2, 0) is 6.54 Å². The van der Waals surface area contributed by atoms with Gasteiger partial charge in [0.15, 0.2) is 0 Å². The number of nitrogens with zero attached hydrogens (tertiary/aromatic N) is 3. The number of piperazine rings is 1. The summed E-state index contributed by atoms with van der Waals surface area (Å²) in [5.74, 6) is 1.01. The Kier molecular flexibility index (Phi) is 3.82. The molecule has 2 saturated carbocycles. The first kappa shape index (κ1) is 13.5. The van der Waals surface area contributed by atoms with E-state index in [1.807, 2.05) is 12.4 Å². The van der Waals surface area contributed by atoms with Gasteiger partial charge >= 0.3 is 0 Å². The summed E-state index contributed by atoms with van der Waals surface area (Å²) >= 11 is 0.